The summed E-state index contributed by atoms with van der Waals surface area (Å²) in [5.41, 5.74) is -1.18. The molecule has 3 nitrogen and oxygen atoms in total. The van der Waals surface area contributed by atoms with E-state index in [0.717, 1.165) is 11.3 Å². The minimum atomic E-state index is -4.70. The number of amides is 1. The van der Waals surface area contributed by atoms with Crippen molar-refractivity contribution in [3.63, 3.8) is 0 Å². The molecule has 0 saturated heterocycles. The molecule has 0 saturated carbocycles. The van der Waals surface area contributed by atoms with Crippen molar-refractivity contribution in [3.8, 4) is 0 Å². The van der Waals surface area contributed by atoms with Crippen molar-refractivity contribution in [2.45, 2.75) is 38.2 Å². The van der Waals surface area contributed by atoms with E-state index in [0.29, 0.717) is 5.01 Å². The molecule has 18 heavy (non-hydrogen) atoms. The van der Waals surface area contributed by atoms with Crippen molar-refractivity contribution in [3.05, 3.63) is 16.6 Å². The molecule has 0 radical (unpaired) electrons. The molecule has 1 atom stereocenters. The Hall–Kier alpha value is -1.18. The van der Waals surface area contributed by atoms with Crippen LogP contribution in [-0.4, -0.2) is 23.2 Å². The highest BCUT2D eigenvalue weighted by molar-refractivity contribution is 7.09. The fraction of sp³-hybridized carbons (Fsp3) is 0.600. The molecular weight excluding hydrogens is 272 g/mol. The predicted molar refractivity (Wildman–Crippen MR) is 58.9 cm³/mol. The molecule has 0 aromatic carbocycles. The van der Waals surface area contributed by atoms with Crippen molar-refractivity contribution in [2.75, 3.05) is 0 Å². The molecular formula is C10H12F4N2OS. The number of hydrogen-bond donors (Lipinski definition) is 1. The molecule has 0 spiro atoms. The van der Waals surface area contributed by atoms with E-state index in [1.54, 1.807) is 12.3 Å². The van der Waals surface area contributed by atoms with Crippen molar-refractivity contribution in [2.24, 2.45) is 0 Å². The van der Waals surface area contributed by atoms with Gasteiger partial charge in [-0.05, 0) is 13.3 Å². The number of carbonyl (C=O) groups excluding carboxylic acids is 1. The van der Waals surface area contributed by atoms with E-state index in [1.807, 2.05) is 5.32 Å². The topological polar surface area (TPSA) is 42.0 Å². The Balaban J connectivity index is 2.91. The van der Waals surface area contributed by atoms with Crippen molar-refractivity contribution in [1.82, 2.24) is 10.3 Å². The summed E-state index contributed by atoms with van der Waals surface area (Å²) < 4.78 is 49.9. The third kappa shape index (κ3) is 2.80. The maximum atomic E-state index is 12.9. The Labute approximate surface area is 105 Å². The van der Waals surface area contributed by atoms with E-state index >= 15 is 0 Å². The van der Waals surface area contributed by atoms with Crippen LogP contribution in [0, 0.1) is 0 Å². The molecule has 1 aromatic rings. The summed E-state index contributed by atoms with van der Waals surface area (Å²) in [6.45, 7) is 3.10. The fourth-order valence-corrected chi connectivity index (χ4v) is 2.05. The summed E-state index contributed by atoms with van der Waals surface area (Å²) in [6.07, 6.45) is -2.33. The number of rotatable bonds is 5. The summed E-state index contributed by atoms with van der Waals surface area (Å²) in [6, 6.07) is 0. The number of nitrogens with one attached hydrogen (secondary N) is 1. The minimum Gasteiger partial charge on any atom is -0.339 e. The van der Waals surface area contributed by atoms with E-state index in [9.17, 15) is 22.4 Å². The summed E-state index contributed by atoms with van der Waals surface area (Å²) >= 11 is 1.16. The van der Waals surface area contributed by atoms with Gasteiger partial charge in [-0.25, -0.2) is 13.8 Å². The maximum Gasteiger partial charge on any atom is 0.383 e. The van der Waals surface area contributed by atoms with Crippen LogP contribution < -0.4 is 5.32 Å². The zero-order chi connectivity index (χ0) is 14.0. The molecule has 1 aromatic heterocycles. The second-order valence-electron chi connectivity index (χ2n) is 3.90. The first-order valence-electron chi connectivity index (χ1n) is 5.12. The van der Waals surface area contributed by atoms with Gasteiger partial charge in [-0.3, -0.25) is 4.79 Å². The van der Waals surface area contributed by atoms with Gasteiger partial charge in [0, 0.05) is 11.6 Å². The lowest BCUT2D eigenvalue weighted by molar-refractivity contribution is -0.171. The predicted octanol–water partition coefficient (Wildman–Crippen LogP) is 2.78. The van der Waals surface area contributed by atoms with Gasteiger partial charge < -0.3 is 5.32 Å². The van der Waals surface area contributed by atoms with E-state index < -0.39 is 23.8 Å². The number of thiazole rings is 1. The highest BCUT2D eigenvalue weighted by Crippen LogP contribution is 2.29. The lowest BCUT2D eigenvalue weighted by Gasteiger charge is -2.29. The van der Waals surface area contributed by atoms with Crippen LogP contribution in [0.5, 0.6) is 0 Å². The Bertz CT molecular complexity index is 410. The molecule has 1 rings (SSSR count). The smallest absolute Gasteiger partial charge is 0.339 e. The Morgan fingerprint density at radius 2 is 2.17 bits per heavy atom. The first-order valence-corrected chi connectivity index (χ1v) is 6.00. The normalized spacial score (nSPS) is 15.5. The van der Waals surface area contributed by atoms with Crippen LogP contribution >= 0.6 is 11.3 Å². The van der Waals surface area contributed by atoms with Gasteiger partial charge in [0.2, 0.25) is 0 Å². The van der Waals surface area contributed by atoms with Gasteiger partial charge >= 0.3 is 12.3 Å². The Morgan fingerprint density at radius 3 is 2.56 bits per heavy atom. The fourth-order valence-electron chi connectivity index (χ4n) is 1.22. The molecule has 1 amide bonds. The van der Waals surface area contributed by atoms with Gasteiger partial charge in [0.05, 0.1) is 5.54 Å². The van der Waals surface area contributed by atoms with Gasteiger partial charge in [0.15, 0.2) is 0 Å². The second-order valence-corrected chi connectivity index (χ2v) is 4.80. The first-order chi connectivity index (χ1) is 8.24. The summed E-state index contributed by atoms with van der Waals surface area (Å²) in [4.78, 5) is 15.1. The second kappa shape index (κ2) is 5.21. The van der Waals surface area contributed by atoms with Crippen LogP contribution in [0.2, 0.25) is 0 Å². The standard InChI is InChI=1S/C10H12F4N2OS/c1-3-9(2,8-15-4-5-18-8)16-7(17)10(13,14)6(11)12/h4-6H,3H2,1-2H3,(H,16,17)/t9-/m1/s1. The van der Waals surface area contributed by atoms with E-state index in [2.05, 4.69) is 4.98 Å². The number of nitrogens with zero attached hydrogens (tertiary/aromatic N) is 1. The van der Waals surface area contributed by atoms with Crippen molar-refractivity contribution in [1.29, 1.82) is 0 Å². The summed E-state index contributed by atoms with van der Waals surface area (Å²) in [5.74, 6) is -6.69. The van der Waals surface area contributed by atoms with E-state index in [4.69, 9.17) is 0 Å². The number of alkyl halides is 4. The average Bonchev–Trinajstić information content (AvgIpc) is 2.82. The number of hydrogen-bond acceptors (Lipinski definition) is 3. The Morgan fingerprint density at radius 1 is 1.56 bits per heavy atom. The Kier molecular flexibility index (Phi) is 4.31. The summed E-state index contributed by atoms with van der Waals surface area (Å²) in [7, 11) is 0. The monoisotopic (exact) mass is 284 g/mol. The maximum absolute atomic E-state index is 12.9. The zero-order valence-electron chi connectivity index (χ0n) is 9.71. The summed E-state index contributed by atoms with van der Waals surface area (Å²) in [5, 5.41) is 3.95. The number of halogens is 4. The van der Waals surface area contributed by atoms with Crippen LogP contribution in [0.4, 0.5) is 17.6 Å². The first kappa shape index (κ1) is 14.9. The minimum absolute atomic E-state index is 0.256. The molecule has 102 valence electrons. The average molecular weight is 284 g/mol. The van der Waals surface area contributed by atoms with E-state index in [1.165, 1.54) is 13.1 Å². The van der Waals surface area contributed by atoms with Gasteiger partial charge in [-0.2, -0.15) is 8.78 Å². The van der Waals surface area contributed by atoms with Crippen LogP contribution in [0.15, 0.2) is 11.6 Å². The highest BCUT2D eigenvalue weighted by atomic mass is 32.1. The SMILES string of the molecule is CC[C@@](C)(NC(=O)C(F)(F)C(F)F)c1nccs1. The van der Waals surface area contributed by atoms with E-state index in [-0.39, 0.29) is 6.42 Å². The lowest BCUT2D eigenvalue weighted by atomic mass is 9.99. The molecule has 0 unspecified atom stereocenters. The van der Waals surface area contributed by atoms with Crippen LogP contribution in [0.3, 0.4) is 0 Å². The van der Waals surface area contributed by atoms with Crippen molar-refractivity contribution < 1.29 is 22.4 Å². The molecule has 0 aliphatic carbocycles. The van der Waals surface area contributed by atoms with Gasteiger partial charge in [0.25, 0.3) is 5.91 Å². The van der Waals surface area contributed by atoms with Gasteiger partial charge in [0.1, 0.15) is 5.01 Å². The zero-order valence-corrected chi connectivity index (χ0v) is 10.5. The molecule has 1 N–H and O–H groups in total. The number of carbonyl (C=O) groups is 1. The van der Waals surface area contributed by atoms with Crippen LogP contribution in [0.1, 0.15) is 25.3 Å². The molecule has 0 aliphatic rings. The molecule has 0 bridgehead atoms. The third-order valence-corrected chi connectivity index (χ3v) is 3.61. The van der Waals surface area contributed by atoms with Crippen LogP contribution in [-0.2, 0) is 10.3 Å². The van der Waals surface area contributed by atoms with Gasteiger partial charge in [-0.15, -0.1) is 11.3 Å². The molecule has 0 fully saturated rings. The quantitative estimate of drug-likeness (QED) is 0.845. The van der Waals surface area contributed by atoms with Crippen LogP contribution in [0.25, 0.3) is 0 Å². The van der Waals surface area contributed by atoms with Gasteiger partial charge in [-0.1, -0.05) is 6.92 Å². The highest BCUT2D eigenvalue weighted by Gasteiger charge is 2.50. The van der Waals surface area contributed by atoms with Crippen molar-refractivity contribution >= 4 is 17.2 Å². The molecule has 0 aliphatic heterocycles. The third-order valence-electron chi connectivity index (χ3n) is 2.58. The number of aromatic nitrogens is 1. The molecule has 1 heterocycles. The molecule has 8 heteroatoms. The largest absolute Gasteiger partial charge is 0.383 e. The lowest BCUT2D eigenvalue weighted by Crippen LogP contribution is -2.52.